The van der Waals surface area contributed by atoms with Crippen molar-refractivity contribution >= 4 is 12.0 Å². The first-order valence-corrected chi connectivity index (χ1v) is 10.9. The molecule has 1 aliphatic rings. The van der Waals surface area contributed by atoms with Gasteiger partial charge in [-0.15, -0.1) is 0 Å². The topological polar surface area (TPSA) is 99.1 Å². The maximum absolute atomic E-state index is 12.1. The van der Waals surface area contributed by atoms with Crippen molar-refractivity contribution in [3.05, 3.63) is 28.8 Å². The van der Waals surface area contributed by atoms with Crippen molar-refractivity contribution < 1.29 is 24.5 Å². The molecule has 3 N–H and O–H groups in total. The van der Waals surface area contributed by atoms with E-state index in [1.165, 1.54) is 5.56 Å². The molecule has 1 aliphatic heterocycles. The number of carbonyl (C=O) groups excluding carboxylic acids is 1. The number of ether oxygens (including phenoxy) is 1. The maximum Gasteiger partial charge on any atom is 0.317 e. The number of aliphatic hydroxyl groups excluding tert-OH is 1. The summed E-state index contributed by atoms with van der Waals surface area (Å²) in [4.78, 5) is 24.4. The lowest BCUT2D eigenvalue weighted by atomic mass is 10.1. The van der Waals surface area contributed by atoms with Crippen molar-refractivity contribution in [1.29, 1.82) is 0 Å². The minimum absolute atomic E-state index is 0.0794. The molecule has 1 heterocycles. The van der Waals surface area contributed by atoms with Crippen LogP contribution in [0.15, 0.2) is 12.1 Å². The van der Waals surface area contributed by atoms with E-state index in [2.05, 4.69) is 17.4 Å². The van der Waals surface area contributed by atoms with E-state index >= 15 is 0 Å². The molecule has 1 aromatic carbocycles. The number of aryl methyl sites for hydroxylation is 3. The van der Waals surface area contributed by atoms with Crippen LogP contribution in [0.4, 0.5) is 4.79 Å². The summed E-state index contributed by atoms with van der Waals surface area (Å²) >= 11 is 0. The Kier molecular flexibility index (Phi) is 9.43. The fraction of sp³-hybridized carbons (Fsp3) is 0.652. The predicted molar refractivity (Wildman–Crippen MR) is 116 cm³/mol. The highest BCUT2D eigenvalue weighted by atomic mass is 16.5. The van der Waals surface area contributed by atoms with Gasteiger partial charge in [-0.1, -0.05) is 37.0 Å². The Labute approximate surface area is 179 Å². The molecule has 2 amide bonds. The van der Waals surface area contributed by atoms with E-state index in [9.17, 15) is 14.7 Å². The molecule has 0 radical (unpaired) electrons. The van der Waals surface area contributed by atoms with Gasteiger partial charge in [0, 0.05) is 25.6 Å². The first kappa shape index (κ1) is 24.0. The number of urea groups is 1. The van der Waals surface area contributed by atoms with E-state index in [0.717, 1.165) is 42.6 Å². The Morgan fingerprint density at radius 2 is 1.87 bits per heavy atom. The number of amides is 2. The standard InChI is InChI=1S/C23H36N2O5/c1-16-12-17(2)22(18(3)13-16)30-15-20(26)10-11-25-14-19(24-23(25)29)8-6-4-5-7-9-21(27)28/h12-13,19-20,26H,4-11,14-15H2,1-3H3,(H,24,29)(H,27,28). The highest BCUT2D eigenvalue weighted by Gasteiger charge is 2.28. The minimum Gasteiger partial charge on any atom is -0.490 e. The zero-order valence-electron chi connectivity index (χ0n) is 18.4. The molecule has 0 bridgehead atoms. The number of hydrogen-bond donors (Lipinski definition) is 3. The number of carbonyl (C=O) groups is 2. The van der Waals surface area contributed by atoms with E-state index in [4.69, 9.17) is 9.84 Å². The monoisotopic (exact) mass is 420 g/mol. The third kappa shape index (κ3) is 7.86. The number of aliphatic carboxylic acids is 1. The van der Waals surface area contributed by atoms with Gasteiger partial charge in [-0.2, -0.15) is 0 Å². The van der Waals surface area contributed by atoms with Crippen molar-refractivity contribution in [2.24, 2.45) is 0 Å². The third-order valence-electron chi connectivity index (χ3n) is 5.51. The van der Waals surface area contributed by atoms with Crippen molar-refractivity contribution in [3.8, 4) is 5.75 Å². The van der Waals surface area contributed by atoms with Crippen LogP contribution in [0.2, 0.25) is 0 Å². The summed E-state index contributed by atoms with van der Waals surface area (Å²) in [6, 6.07) is 4.18. The molecular formula is C23H36N2O5. The normalized spacial score (nSPS) is 17.1. The Morgan fingerprint density at radius 3 is 2.53 bits per heavy atom. The van der Waals surface area contributed by atoms with Gasteiger partial charge in [-0.05, 0) is 51.2 Å². The van der Waals surface area contributed by atoms with Crippen LogP contribution >= 0.6 is 0 Å². The van der Waals surface area contributed by atoms with Gasteiger partial charge < -0.3 is 25.2 Å². The van der Waals surface area contributed by atoms with E-state index in [1.54, 1.807) is 4.90 Å². The van der Waals surface area contributed by atoms with Gasteiger partial charge in [0.2, 0.25) is 0 Å². The number of aliphatic hydroxyl groups is 1. The van der Waals surface area contributed by atoms with Crippen molar-refractivity contribution in [1.82, 2.24) is 10.2 Å². The molecule has 168 valence electrons. The zero-order chi connectivity index (χ0) is 22.1. The summed E-state index contributed by atoms with van der Waals surface area (Å²) in [6.07, 6.45) is 4.53. The van der Waals surface area contributed by atoms with Crippen LogP contribution in [-0.4, -0.2) is 59.0 Å². The molecule has 7 nitrogen and oxygen atoms in total. The number of nitrogens with zero attached hydrogens (tertiary/aromatic N) is 1. The summed E-state index contributed by atoms with van der Waals surface area (Å²) in [5.41, 5.74) is 3.31. The first-order valence-electron chi connectivity index (χ1n) is 10.9. The largest absolute Gasteiger partial charge is 0.490 e. The van der Waals surface area contributed by atoms with Gasteiger partial charge in [-0.25, -0.2) is 4.79 Å². The lowest BCUT2D eigenvalue weighted by molar-refractivity contribution is -0.137. The molecular weight excluding hydrogens is 384 g/mol. The molecule has 0 spiro atoms. The number of carboxylic acid groups (broad SMARTS) is 1. The molecule has 0 aliphatic carbocycles. The Hall–Kier alpha value is -2.28. The number of nitrogens with one attached hydrogen (secondary N) is 1. The second-order valence-electron chi connectivity index (χ2n) is 8.42. The Bertz CT molecular complexity index is 699. The highest BCUT2D eigenvalue weighted by Crippen LogP contribution is 2.24. The summed E-state index contributed by atoms with van der Waals surface area (Å²) in [7, 11) is 0. The number of hydrogen-bond acceptors (Lipinski definition) is 4. The molecule has 2 rings (SSSR count). The van der Waals surface area contributed by atoms with Gasteiger partial charge in [0.15, 0.2) is 0 Å². The van der Waals surface area contributed by atoms with Crippen molar-refractivity contribution in [2.45, 2.75) is 77.9 Å². The second kappa shape index (κ2) is 11.8. The van der Waals surface area contributed by atoms with Crippen LogP contribution in [0.3, 0.4) is 0 Å². The molecule has 1 fully saturated rings. The van der Waals surface area contributed by atoms with Crippen LogP contribution < -0.4 is 10.1 Å². The molecule has 1 aromatic rings. The van der Waals surface area contributed by atoms with E-state index in [-0.39, 0.29) is 25.1 Å². The van der Waals surface area contributed by atoms with Crippen LogP contribution in [0.1, 0.15) is 61.6 Å². The predicted octanol–water partition coefficient (Wildman–Crippen LogP) is 3.56. The lowest BCUT2D eigenvalue weighted by Gasteiger charge is -2.19. The van der Waals surface area contributed by atoms with Crippen LogP contribution in [0, 0.1) is 20.8 Å². The number of benzene rings is 1. The average molecular weight is 421 g/mol. The zero-order valence-corrected chi connectivity index (χ0v) is 18.4. The van der Waals surface area contributed by atoms with Crippen molar-refractivity contribution in [2.75, 3.05) is 19.7 Å². The van der Waals surface area contributed by atoms with Crippen molar-refractivity contribution in [3.63, 3.8) is 0 Å². The number of rotatable bonds is 13. The fourth-order valence-corrected chi connectivity index (χ4v) is 4.00. The SMILES string of the molecule is Cc1cc(C)c(OCC(O)CCN2CC(CCCCCCC(=O)O)NC2=O)c(C)c1. The van der Waals surface area contributed by atoms with Gasteiger partial charge >= 0.3 is 12.0 Å². The molecule has 2 atom stereocenters. The minimum atomic E-state index is -0.745. The number of carboxylic acids is 1. The maximum atomic E-state index is 12.1. The molecule has 7 heteroatoms. The first-order chi connectivity index (χ1) is 14.3. The molecule has 1 saturated heterocycles. The highest BCUT2D eigenvalue weighted by molar-refractivity contribution is 5.76. The molecule has 0 saturated carbocycles. The van der Waals surface area contributed by atoms with Gasteiger partial charge in [0.05, 0.1) is 6.10 Å². The Balaban J connectivity index is 1.64. The van der Waals surface area contributed by atoms with E-state index in [1.807, 2.05) is 20.8 Å². The van der Waals surface area contributed by atoms with Gasteiger partial charge in [0.25, 0.3) is 0 Å². The third-order valence-corrected chi connectivity index (χ3v) is 5.51. The van der Waals surface area contributed by atoms with Gasteiger partial charge in [-0.3, -0.25) is 4.79 Å². The lowest BCUT2D eigenvalue weighted by Crippen LogP contribution is -2.32. The number of unbranched alkanes of at least 4 members (excludes halogenated alkanes) is 3. The molecule has 2 unspecified atom stereocenters. The summed E-state index contributed by atoms with van der Waals surface area (Å²) in [5, 5.41) is 21.9. The fourth-order valence-electron chi connectivity index (χ4n) is 4.00. The van der Waals surface area contributed by atoms with Gasteiger partial charge in [0.1, 0.15) is 12.4 Å². The summed E-state index contributed by atoms with van der Waals surface area (Å²) < 4.78 is 5.84. The Morgan fingerprint density at radius 1 is 1.20 bits per heavy atom. The molecule has 0 aromatic heterocycles. The molecule has 30 heavy (non-hydrogen) atoms. The van der Waals surface area contributed by atoms with E-state index in [0.29, 0.717) is 25.9 Å². The quantitative estimate of drug-likeness (QED) is 0.424. The summed E-state index contributed by atoms with van der Waals surface area (Å²) in [5.74, 6) is 0.0763. The second-order valence-corrected chi connectivity index (χ2v) is 8.42. The summed E-state index contributed by atoms with van der Waals surface area (Å²) in [6.45, 7) is 7.41. The van der Waals surface area contributed by atoms with Crippen LogP contribution in [-0.2, 0) is 4.79 Å². The van der Waals surface area contributed by atoms with Crippen LogP contribution in [0.5, 0.6) is 5.75 Å². The van der Waals surface area contributed by atoms with E-state index < -0.39 is 12.1 Å². The average Bonchev–Trinajstić information content (AvgIpc) is 3.01. The van der Waals surface area contributed by atoms with Crippen LogP contribution in [0.25, 0.3) is 0 Å². The smallest absolute Gasteiger partial charge is 0.317 e.